The molecule has 1 aromatic heterocycles. The van der Waals surface area contributed by atoms with E-state index in [-0.39, 0.29) is 19.1 Å². The van der Waals surface area contributed by atoms with Crippen molar-refractivity contribution in [3.63, 3.8) is 0 Å². The molecule has 3 atom stereocenters. The highest BCUT2D eigenvalue weighted by molar-refractivity contribution is 7.09. The third-order valence-corrected chi connectivity index (χ3v) is 8.83. The van der Waals surface area contributed by atoms with Crippen LogP contribution in [0.2, 0.25) is 0 Å². The van der Waals surface area contributed by atoms with Gasteiger partial charge in [-0.05, 0) is 103 Å². The lowest BCUT2D eigenvalue weighted by molar-refractivity contribution is -0.156. The standard InChI is InChI=1S/C37H55N5O8S/c1-24-11-12-28(48-18-15-26-10-9-17-42(23-26)35(47)50-37(6,7)8)20-27(24)22-39-33(45)29(13-14-31-38-16-19-51-31)41-34(46)30(40-25(2)43)21-32(44)49-36(3,4)5/h11-12,16,19-20,26,29-30H,9-10,13-15,17-18,21-23H2,1-8H3,(H,39,45)(H,40,43)(H,41,46)/t26?,29?,30-/m0/s1. The zero-order valence-electron chi connectivity index (χ0n) is 31.3. The van der Waals surface area contributed by atoms with Crippen LogP contribution in [0.3, 0.4) is 0 Å². The molecule has 0 radical (unpaired) electrons. The number of aryl methyl sites for hydroxylation is 2. The molecule has 3 N–H and O–H groups in total. The van der Waals surface area contributed by atoms with E-state index in [1.807, 2.05) is 51.3 Å². The molecule has 1 aliphatic rings. The lowest BCUT2D eigenvalue weighted by Crippen LogP contribution is -2.54. The van der Waals surface area contributed by atoms with Crippen molar-refractivity contribution in [2.75, 3.05) is 19.7 Å². The Kier molecular flexibility index (Phi) is 15.3. The van der Waals surface area contributed by atoms with Crippen molar-refractivity contribution in [2.45, 2.75) is 124 Å². The fourth-order valence-electron chi connectivity index (χ4n) is 5.56. The Morgan fingerprint density at radius 2 is 1.73 bits per heavy atom. The maximum absolute atomic E-state index is 13.6. The molecule has 0 spiro atoms. The van der Waals surface area contributed by atoms with Crippen LogP contribution >= 0.6 is 11.3 Å². The lowest BCUT2D eigenvalue weighted by atomic mass is 9.95. The largest absolute Gasteiger partial charge is 0.494 e. The van der Waals surface area contributed by atoms with E-state index in [2.05, 4.69) is 20.9 Å². The van der Waals surface area contributed by atoms with Gasteiger partial charge in [0.1, 0.15) is 29.0 Å². The first-order valence-electron chi connectivity index (χ1n) is 17.5. The average Bonchev–Trinajstić information content (AvgIpc) is 3.54. The quantitative estimate of drug-likeness (QED) is 0.218. The van der Waals surface area contributed by atoms with Crippen molar-refractivity contribution in [3.8, 4) is 5.75 Å². The minimum atomic E-state index is -1.22. The number of amides is 4. The summed E-state index contributed by atoms with van der Waals surface area (Å²) in [6.45, 7) is 15.9. The van der Waals surface area contributed by atoms with Crippen LogP contribution in [0.15, 0.2) is 29.8 Å². The van der Waals surface area contributed by atoms with Crippen molar-refractivity contribution < 1.29 is 38.2 Å². The Balaban J connectivity index is 1.61. The highest BCUT2D eigenvalue weighted by Crippen LogP contribution is 2.23. The van der Waals surface area contributed by atoms with E-state index >= 15 is 0 Å². The van der Waals surface area contributed by atoms with Crippen LogP contribution < -0.4 is 20.7 Å². The average molecular weight is 730 g/mol. The Morgan fingerprint density at radius 1 is 1.00 bits per heavy atom. The summed E-state index contributed by atoms with van der Waals surface area (Å²) in [5.41, 5.74) is 0.493. The molecule has 1 fully saturated rings. The summed E-state index contributed by atoms with van der Waals surface area (Å²) in [6, 6.07) is 3.51. The molecule has 1 aliphatic heterocycles. The van der Waals surface area contributed by atoms with Crippen molar-refractivity contribution in [1.82, 2.24) is 25.8 Å². The molecule has 0 aliphatic carbocycles. The van der Waals surface area contributed by atoms with E-state index in [0.717, 1.165) is 35.4 Å². The molecule has 13 nitrogen and oxygen atoms in total. The van der Waals surface area contributed by atoms with Crippen LogP contribution in [0, 0.1) is 12.8 Å². The number of thiazole rings is 1. The third-order valence-electron chi connectivity index (χ3n) is 7.99. The number of hydrogen-bond acceptors (Lipinski definition) is 10. The predicted octanol–water partition coefficient (Wildman–Crippen LogP) is 4.84. The van der Waals surface area contributed by atoms with Gasteiger partial charge in [-0.2, -0.15) is 0 Å². The zero-order chi connectivity index (χ0) is 37.8. The van der Waals surface area contributed by atoms with Crippen LogP contribution in [0.4, 0.5) is 4.79 Å². The molecule has 14 heteroatoms. The Morgan fingerprint density at radius 3 is 2.37 bits per heavy atom. The maximum Gasteiger partial charge on any atom is 0.410 e. The molecule has 3 rings (SSSR count). The van der Waals surface area contributed by atoms with Crippen LogP contribution in [0.1, 0.15) is 96.7 Å². The van der Waals surface area contributed by atoms with Crippen LogP contribution in [-0.2, 0) is 41.6 Å². The molecule has 0 bridgehead atoms. The number of likely N-dealkylation sites (tertiary alicyclic amines) is 1. The van der Waals surface area contributed by atoms with E-state index in [1.165, 1.54) is 18.3 Å². The highest BCUT2D eigenvalue weighted by atomic mass is 32.1. The number of carbonyl (C=O) groups excluding carboxylic acids is 5. The third kappa shape index (κ3) is 15.3. The molecule has 51 heavy (non-hydrogen) atoms. The van der Waals surface area contributed by atoms with E-state index < -0.39 is 53.4 Å². The first kappa shape index (κ1) is 41.2. The number of esters is 1. The number of hydrogen-bond donors (Lipinski definition) is 3. The summed E-state index contributed by atoms with van der Waals surface area (Å²) >= 11 is 1.45. The minimum absolute atomic E-state index is 0.187. The summed E-state index contributed by atoms with van der Waals surface area (Å²) in [6.07, 6.45) is 4.40. The van der Waals surface area contributed by atoms with Gasteiger partial charge < -0.3 is 35.1 Å². The summed E-state index contributed by atoms with van der Waals surface area (Å²) in [5, 5.41) is 10.8. The van der Waals surface area contributed by atoms with Gasteiger partial charge in [0.2, 0.25) is 17.7 Å². The van der Waals surface area contributed by atoms with Crippen molar-refractivity contribution in [1.29, 1.82) is 0 Å². The summed E-state index contributed by atoms with van der Waals surface area (Å²) in [7, 11) is 0. The predicted molar refractivity (Wildman–Crippen MR) is 194 cm³/mol. The number of piperidine rings is 1. The van der Waals surface area contributed by atoms with E-state index in [4.69, 9.17) is 14.2 Å². The van der Waals surface area contributed by atoms with Crippen LogP contribution in [0.25, 0.3) is 0 Å². The number of aromatic nitrogens is 1. The number of carbonyl (C=O) groups is 5. The highest BCUT2D eigenvalue weighted by Gasteiger charge is 2.30. The molecular weight excluding hydrogens is 675 g/mol. The van der Waals surface area contributed by atoms with Gasteiger partial charge in [0, 0.05) is 44.6 Å². The number of nitrogens with zero attached hydrogens (tertiary/aromatic N) is 2. The number of benzene rings is 1. The second-order valence-corrected chi connectivity index (χ2v) is 15.9. The Hall–Kier alpha value is -4.20. The molecule has 1 aromatic carbocycles. The second-order valence-electron chi connectivity index (χ2n) is 14.9. The van der Waals surface area contributed by atoms with E-state index in [9.17, 15) is 24.0 Å². The molecule has 0 saturated carbocycles. The molecular formula is C37H55N5O8S. The first-order chi connectivity index (χ1) is 23.9. The smallest absolute Gasteiger partial charge is 0.410 e. The maximum atomic E-state index is 13.6. The molecule has 2 aromatic rings. The number of ether oxygens (including phenoxy) is 3. The fourth-order valence-corrected chi connectivity index (χ4v) is 6.20. The van der Waals surface area contributed by atoms with E-state index in [0.29, 0.717) is 37.8 Å². The molecule has 2 heterocycles. The van der Waals surface area contributed by atoms with Gasteiger partial charge in [-0.15, -0.1) is 11.3 Å². The first-order valence-corrected chi connectivity index (χ1v) is 18.4. The van der Waals surface area contributed by atoms with Gasteiger partial charge in [-0.3, -0.25) is 19.2 Å². The zero-order valence-corrected chi connectivity index (χ0v) is 32.1. The summed E-state index contributed by atoms with van der Waals surface area (Å²) in [4.78, 5) is 70.0. The molecule has 282 valence electrons. The van der Waals surface area contributed by atoms with Crippen LogP contribution in [0.5, 0.6) is 5.75 Å². The van der Waals surface area contributed by atoms with Crippen molar-refractivity contribution >= 4 is 41.1 Å². The Labute approximate surface area is 305 Å². The second kappa shape index (κ2) is 18.9. The normalized spacial score (nSPS) is 16.0. The van der Waals surface area contributed by atoms with Gasteiger partial charge in [0.25, 0.3) is 0 Å². The SMILES string of the molecule is CC(=O)N[C@@H](CC(=O)OC(C)(C)C)C(=O)NC(CCc1nccs1)C(=O)NCc1cc(OCCC2CCCN(C(=O)OC(C)(C)C)C2)ccc1C. The van der Waals surface area contributed by atoms with Gasteiger partial charge >= 0.3 is 12.1 Å². The Bertz CT molecular complexity index is 1480. The van der Waals surface area contributed by atoms with E-state index in [1.54, 1.807) is 31.9 Å². The molecule has 4 amide bonds. The monoisotopic (exact) mass is 729 g/mol. The van der Waals surface area contributed by atoms with Gasteiger partial charge in [0.05, 0.1) is 18.0 Å². The summed E-state index contributed by atoms with van der Waals surface area (Å²) in [5.74, 6) is -1.27. The van der Waals surface area contributed by atoms with Gasteiger partial charge in [0.15, 0.2) is 0 Å². The lowest BCUT2D eigenvalue weighted by Gasteiger charge is -2.34. The van der Waals surface area contributed by atoms with Gasteiger partial charge in [-0.1, -0.05) is 6.07 Å². The molecule has 1 saturated heterocycles. The number of nitrogens with one attached hydrogen (secondary N) is 3. The van der Waals surface area contributed by atoms with Crippen LogP contribution in [-0.4, -0.2) is 82.7 Å². The topological polar surface area (TPSA) is 165 Å². The van der Waals surface area contributed by atoms with Crippen molar-refractivity contribution in [2.24, 2.45) is 5.92 Å². The fraction of sp³-hybridized carbons (Fsp3) is 0.622. The molecule has 2 unspecified atom stereocenters. The minimum Gasteiger partial charge on any atom is -0.494 e. The summed E-state index contributed by atoms with van der Waals surface area (Å²) < 4.78 is 17.0. The van der Waals surface area contributed by atoms with Gasteiger partial charge in [-0.25, -0.2) is 9.78 Å². The number of rotatable bonds is 15. The van der Waals surface area contributed by atoms with Crippen molar-refractivity contribution in [3.05, 3.63) is 45.9 Å².